The highest BCUT2D eigenvalue weighted by Gasteiger charge is 2.35. The third kappa shape index (κ3) is 5.53. The molecule has 3 N–H and O–H groups in total. The quantitative estimate of drug-likeness (QED) is 0.554. The zero-order valence-corrected chi connectivity index (χ0v) is 19.6. The van der Waals surface area contributed by atoms with Crippen LogP contribution in [0.4, 0.5) is 4.79 Å². The van der Waals surface area contributed by atoms with Gasteiger partial charge in [0.25, 0.3) is 0 Å². The van der Waals surface area contributed by atoms with Crippen LogP contribution in [0.3, 0.4) is 0 Å². The summed E-state index contributed by atoms with van der Waals surface area (Å²) in [6.45, 7) is 7.23. The lowest BCUT2D eigenvalue weighted by molar-refractivity contribution is -0.145. The summed E-state index contributed by atoms with van der Waals surface area (Å²) < 4.78 is 5.54. The second-order valence-corrected chi connectivity index (χ2v) is 9.46. The number of hydrogen-bond acceptors (Lipinski definition) is 4. The lowest BCUT2D eigenvalue weighted by Gasteiger charge is -2.29. The maximum absolute atomic E-state index is 12.8. The van der Waals surface area contributed by atoms with E-state index in [0.717, 1.165) is 22.3 Å². The summed E-state index contributed by atoms with van der Waals surface area (Å²) >= 11 is 0. The minimum absolute atomic E-state index is 0.0844. The third-order valence-electron chi connectivity index (χ3n) is 5.93. The Morgan fingerprint density at radius 2 is 1.52 bits per heavy atom. The molecule has 2 aromatic rings. The molecular weight excluding hydrogens is 420 g/mol. The summed E-state index contributed by atoms with van der Waals surface area (Å²) in [6.07, 6.45) is 0.301. The minimum Gasteiger partial charge on any atom is -0.480 e. The van der Waals surface area contributed by atoms with E-state index in [9.17, 15) is 19.5 Å². The van der Waals surface area contributed by atoms with Gasteiger partial charge in [0.2, 0.25) is 5.91 Å². The molecule has 1 unspecified atom stereocenters. The molecule has 3 rings (SSSR count). The molecule has 0 spiro atoms. The van der Waals surface area contributed by atoms with Crippen LogP contribution >= 0.6 is 0 Å². The fourth-order valence-electron chi connectivity index (χ4n) is 4.23. The molecule has 7 nitrogen and oxygen atoms in total. The number of carboxylic acids is 1. The van der Waals surface area contributed by atoms with E-state index in [4.69, 9.17) is 4.74 Å². The number of ether oxygens (including phenoxy) is 1. The maximum Gasteiger partial charge on any atom is 0.407 e. The summed E-state index contributed by atoms with van der Waals surface area (Å²) in [6, 6.07) is 14.1. The van der Waals surface area contributed by atoms with Crippen LogP contribution in [0.1, 0.15) is 57.6 Å². The van der Waals surface area contributed by atoms with Gasteiger partial charge in [-0.15, -0.1) is 0 Å². The first-order valence-electron chi connectivity index (χ1n) is 11.3. The number of carbonyl (C=O) groups is 3. The minimum atomic E-state index is -1.12. The molecule has 2 amide bonds. The summed E-state index contributed by atoms with van der Waals surface area (Å²) in [5, 5.41) is 14.7. The van der Waals surface area contributed by atoms with E-state index in [1.165, 1.54) is 0 Å². The Morgan fingerprint density at radius 1 is 0.970 bits per heavy atom. The van der Waals surface area contributed by atoms with E-state index >= 15 is 0 Å². The molecule has 2 atom stereocenters. The number of carbonyl (C=O) groups excluding carboxylic acids is 2. The van der Waals surface area contributed by atoms with Gasteiger partial charge >= 0.3 is 12.1 Å². The monoisotopic (exact) mass is 452 g/mol. The molecule has 0 fully saturated rings. The number of fused-ring (bicyclic) bond motifs is 3. The highest BCUT2D eigenvalue weighted by Crippen LogP contribution is 2.44. The van der Waals surface area contributed by atoms with Crippen LogP contribution in [0.25, 0.3) is 11.1 Å². The van der Waals surface area contributed by atoms with Crippen LogP contribution in [-0.4, -0.2) is 41.8 Å². The number of rotatable bonds is 8. The fourth-order valence-corrected chi connectivity index (χ4v) is 4.23. The number of benzene rings is 2. The largest absolute Gasteiger partial charge is 0.480 e. The van der Waals surface area contributed by atoms with Crippen LogP contribution in [-0.2, 0) is 14.3 Å². The smallest absolute Gasteiger partial charge is 0.407 e. The van der Waals surface area contributed by atoms with Gasteiger partial charge in [0.05, 0.1) is 0 Å². The van der Waals surface area contributed by atoms with Crippen LogP contribution in [0.5, 0.6) is 0 Å². The van der Waals surface area contributed by atoms with E-state index in [-0.39, 0.29) is 12.5 Å². The molecule has 0 radical (unpaired) electrons. The SMILES string of the molecule is CCC[C@@H](NC(=O)OCC1c2ccccc2-c2ccccc21)C(=O)NC(C(=O)O)C(C)(C)C. The standard InChI is InChI=1S/C26H32N2O5/c1-5-10-21(23(29)28-22(24(30)31)26(2,3)4)27-25(32)33-15-20-18-13-8-6-11-16(18)17-12-7-9-14-19(17)20/h6-9,11-14,20-22H,5,10,15H2,1-4H3,(H,27,32)(H,28,29)(H,30,31)/t21-,22?/m1/s1. The molecule has 0 bridgehead atoms. The normalized spacial score (nSPS) is 14.5. The van der Waals surface area contributed by atoms with E-state index in [1.54, 1.807) is 20.8 Å². The van der Waals surface area contributed by atoms with Gasteiger partial charge in [-0.25, -0.2) is 9.59 Å². The van der Waals surface area contributed by atoms with Crippen molar-refractivity contribution in [3.63, 3.8) is 0 Å². The zero-order valence-electron chi connectivity index (χ0n) is 19.6. The van der Waals surface area contributed by atoms with Crippen LogP contribution in [0, 0.1) is 5.41 Å². The Labute approximate surface area is 194 Å². The Balaban J connectivity index is 1.66. The van der Waals surface area contributed by atoms with E-state index in [2.05, 4.69) is 22.8 Å². The van der Waals surface area contributed by atoms with E-state index < -0.39 is 35.5 Å². The Morgan fingerprint density at radius 3 is 2.00 bits per heavy atom. The van der Waals surface area contributed by atoms with Crippen LogP contribution in [0.15, 0.2) is 48.5 Å². The summed E-state index contributed by atoms with van der Waals surface area (Å²) in [7, 11) is 0. The molecule has 0 aliphatic heterocycles. The zero-order chi connectivity index (χ0) is 24.2. The number of nitrogens with one attached hydrogen (secondary N) is 2. The van der Waals surface area contributed by atoms with E-state index in [1.807, 2.05) is 43.3 Å². The van der Waals surface area contributed by atoms with Crippen molar-refractivity contribution in [2.75, 3.05) is 6.61 Å². The molecule has 1 aliphatic rings. The molecule has 0 heterocycles. The predicted molar refractivity (Wildman–Crippen MR) is 126 cm³/mol. The predicted octanol–water partition coefficient (Wildman–Crippen LogP) is 4.31. The first-order chi connectivity index (χ1) is 15.6. The average molecular weight is 453 g/mol. The van der Waals surface area contributed by atoms with E-state index in [0.29, 0.717) is 12.8 Å². The Bertz CT molecular complexity index is 982. The second-order valence-electron chi connectivity index (χ2n) is 9.46. The lowest BCUT2D eigenvalue weighted by atomic mass is 9.86. The van der Waals surface area contributed by atoms with Gasteiger partial charge in [-0.05, 0) is 34.1 Å². The molecule has 2 aromatic carbocycles. The van der Waals surface area contributed by atoms with Crippen molar-refractivity contribution in [1.82, 2.24) is 10.6 Å². The average Bonchev–Trinajstić information content (AvgIpc) is 3.08. The first-order valence-corrected chi connectivity index (χ1v) is 11.3. The number of carboxylic acid groups (broad SMARTS) is 1. The third-order valence-corrected chi connectivity index (χ3v) is 5.93. The van der Waals surface area contributed by atoms with Gasteiger partial charge in [-0.3, -0.25) is 4.79 Å². The maximum atomic E-state index is 12.8. The summed E-state index contributed by atoms with van der Waals surface area (Å²) in [5.41, 5.74) is 3.79. The van der Waals surface area contributed by atoms with Crippen LogP contribution in [0.2, 0.25) is 0 Å². The topological polar surface area (TPSA) is 105 Å². The molecule has 33 heavy (non-hydrogen) atoms. The molecule has 0 aromatic heterocycles. The Hall–Kier alpha value is -3.35. The number of aliphatic carboxylic acids is 1. The lowest BCUT2D eigenvalue weighted by Crippen LogP contribution is -2.55. The molecule has 7 heteroatoms. The van der Waals surface area contributed by atoms with Gasteiger partial charge in [-0.1, -0.05) is 82.6 Å². The molecule has 0 saturated heterocycles. The van der Waals surface area contributed by atoms with Crippen molar-refractivity contribution in [1.29, 1.82) is 0 Å². The number of hydrogen-bond donors (Lipinski definition) is 3. The van der Waals surface area contributed by atoms with Gasteiger partial charge < -0.3 is 20.5 Å². The van der Waals surface area contributed by atoms with Crippen molar-refractivity contribution >= 4 is 18.0 Å². The number of amides is 2. The van der Waals surface area contributed by atoms with Gasteiger partial charge in [0.15, 0.2) is 0 Å². The molecule has 0 saturated carbocycles. The van der Waals surface area contributed by atoms with Crippen molar-refractivity contribution in [3.8, 4) is 11.1 Å². The fraction of sp³-hybridized carbons (Fsp3) is 0.423. The number of alkyl carbamates (subject to hydrolysis) is 1. The highest BCUT2D eigenvalue weighted by atomic mass is 16.5. The second kappa shape index (κ2) is 10.1. The van der Waals surface area contributed by atoms with Crippen molar-refractivity contribution < 1.29 is 24.2 Å². The van der Waals surface area contributed by atoms with Crippen LogP contribution < -0.4 is 10.6 Å². The van der Waals surface area contributed by atoms with Gasteiger partial charge in [0.1, 0.15) is 18.7 Å². The summed E-state index contributed by atoms with van der Waals surface area (Å²) in [5.74, 6) is -1.74. The van der Waals surface area contributed by atoms with Gasteiger partial charge in [-0.2, -0.15) is 0 Å². The summed E-state index contributed by atoms with van der Waals surface area (Å²) in [4.78, 5) is 37.0. The molecular formula is C26H32N2O5. The van der Waals surface area contributed by atoms with Crippen molar-refractivity contribution in [2.45, 2.75) is 58.5 Å². The Kier molecular flexibility index (Phi) is 7.41. The van der Waals surface area contributed by atoms with Gasteiger partial charge in [0, 0.05) is 5.92 Å². The molecule has 176 valence electrons. The highest BCUT2D eigenvalue weighted by molar-refractivity contribution is 5.89. The van der Waals surface area contributed by atoms with Crippen molar-refractivity contribution in [3.05, 3.63) is 59.7 Å². The first kappa shape index (κ1) is 24.3. The van der Waals surface area contributed by atoms with Crippen molar-refractivity contribution in [2.24, 2.45) is 5.41 Å². The molecule has 1 aliphatic carbocycles.